The van der Waals surface area contributed by atoms with Crippen LogP contribution in [0.3, 0.4) is 0 Å². The van der Waals surface area contributed by atoms with Gasteiger partial charge in [-0.1, -0.05) is 11.6 Å². The number of hydrogen-bond acceptors (Lipinski definition) is 5. The summed E-state index contributed by atoms with van der Waals surface area (Å²) in [6.07, 6.45) is 0.888. The minimum absolute atomic E-state index is 0.000906. The lowest BCUT2D eigenvalue weighted by molar-refractivity contribution is -0.114. The van der Waals surface area contributed by atoms with Crippen molar-refractivity contribution in [1.29, 1.82) is 0 Å². The number of carbonyl (C=O) groups is 1. The van der Waals surface area contributed by atoms with Crippen LogP contribution in [0.25, 0.3) is 0 Å². The van der Waals surface area contributed by atoms with Gasteiger partial charge in [0, 0.05) is 18.2 Å². The van der Waals surface area contributed by atoms with Gasteiger partial charge in [0.2, 0.25) is 15.9 Å². The van der Waals surface area contributed by atoms with Crippen LogP contribution in [0.1, 0.15) is 0 Å². The second kappa shape index (κ2) is 8.61. The zero-order valence-electron chi connectivity index (χ0n) is 15.1. The van der Waals surface area contributed by atoms with Gasteiger partial charge in [0.1, 0.15) is 29.7 Å². The summed E-state index contributed by atoms with van der Waals surface area (Å²) in [7, 11) is -1.31. The molecule has 0 saturated heterocycles. The Balaban J connectivity index is 2.39. The minimum Gasteiger partial charge on any atom is -0.495 e. The molecule has 0 spiro atoms. The summed E-state index contributed by atoms with van der Waals surface area (Å²) >= 11 is 6.02. The maximum atomic E-state index is 13.7. The van der Waals surface area contributed by atoms with Crippen LogP contribution < -0.4 is 19.1 Å². The quantitative estimate of drug-likeness (QED) is 0.724. The SMILES string of the molecule is COc1cc(N(CC(=O)Nc2ccc(F)cc2F)S(C)(=O)=O)c(OC)cc1Cl. The van der Waals surface area contributed by atoms with E-state index in [-0.39, 0.29) is 27.9 Å². The van der Waals surface area contributed by atoms with Gasteiger partial charge in [0.15, 0.2) is 0 Å². The zero-order chi connectivity index (χ0) is 21.1. The smallest absolute Gasteiger partial charge is 0.245 e. The summed E-state index contributed by atoms with van der Waals surface area (Å²) in [6, 6.07) is 5.22. The highest BCUT2D eigenvalue weighted by Crippen LogP contribution is 2.38. The summed E-state index contributed by atoms with van der Waals surface area (Å²) in [6.45, 7) is -0.698. The van der Waals surface area contributed by atoms with Crippen LogP contribution >= 0.6 is 11.6 Å². The fourth-order valence-electron chi connectivity index (χ4n) is 2.33. The van der Waals surface area contributed by atoms with E-state index in [1.165, 1.54) is 26.4 Å². The molecule has 2 aromatic rings. The topological polar surface area (TPSA) is 84.9 Å². The molecule has 0 radical (unpaired) electrons. The lowest BCUT2D eigenvalue weighted by Gasteiger charge is -2.24. The number of hydrogen-bond donors (Lipinski definition) is 1. The molecule has 0 unspecified atom stereocenters. The molecule has 7 nitrogen and oxygen atoms in total. The maximum absolute atomic E-state index is 13.7. The number of amides is 1. The van der Waals surface area contributed by atoms with Crippen molar-refractivity contribution in [2.45, 2.75) is 0 Å². The number of methoxy groups -OCH3 is 2. The fraction of sp³-hybridized carbons (Fsp3) is 0.235. The van der Waals surface area contributed by atoms with Crippen LogP contribution in [0.2, 0.25) is 5.02 Å². The monoisotopic (exact) mass is 434 g/mol. The van der Waals surface area contributed by atoms with E-state index >= 15 is 0 Å². The number of rotatable bonds is 7. The molecule has 0 fully saturated rings. The molecule has 28 heavy (non-hydrogen) atoms. The van der Waals surface area contributed by atoms with Crippen molar-refractivity contribution < 1.29 is 31.5 Å². The first-order chi connectivity index (χ1) is 13.1. The van der Waals surface area contributed by atoms with Gasteiger partial charge in [-0.2, -0.15) is 0 Å². The molecule has 0 saturated carbocycles. The molecule has 11 heteroatoms. The van der Waals surface area contributed by atoms with Gasteiger partial charge in [-0.15, -0.1) is 0 Å². The average molecular weight is 435 g/mol. The molecule has 2 rings (SSSR count). The predicted molar refractivity (Wildman–Crippen MR) is 102 cm³/mol. The average Bonchev–Trinajstić information content (AvgIpc) is 2.61. The van der Waals surface area contributed by atoms with Crippen molar-refractivity contribution in [3.05, 3.63) is 47.0 Å². The van der Waals surface area contributed by atoms with E-state index < -0.39 is 34.1 Å². The molecule has 0 aliphatic rings. The Hall–Kier alpha value is -2.59. The maximum Gasteiger partial charge on any atom is 0.245 e. The number of nitrogens with one attached hydrogen (secondary N) is 1. The van der Waals surface area contributed by atoms with E-state index in [4.69, 9.17) is 21.1 Å². The second-order valence-electron chi connectivity index (χ2n) is 5.60. The molecule has 0 bridgehead atoms. The first-order valence-corrected chi connectivity index (χ1v) is 9.93. The van der Waals surface area contributed by atoms with Crippen LogP contribution in [-0.2, 0) is 14.8 Å². The summed E-state index contributed by atoms with van der Waals surface area (Å²) in [5.41, 5.74) is -0.290. The number of halogens is 3. The number of sulfonamides is 1. The zero-order valence-corrected chi connectivity index (χ0v) is 16.7. The number of ether oxygens (including phenoxy) is 2. The van der Waals surface area contributed by atoms with Gasteiger partial charge in [-0.25, -0.2) is 17.2 Å². The Morgan fingerprint density at radius 2 is 1.79 bits per heavy atom. The molecule has 0 aliphatic carbocycles. The van der Waals surface area contributed by atoms with E-state index in [0.717, 1.165) is 22.7 Å². The summed E-state index contributed by atoms with van der Waals surface area (Å²) in [5.74, 6) is -2.42. The number of carbonyl (C=O) groups excluding carboxylic acids is 1. The van der Waals surface area contributed by atoms with E-state index in [1.54, 1.807) is 0 Å². The van der Waals surface area contributed by atoms with Gasteiger partial charge in [0.25, 0.3) is 0 Å². The van der Waals surface area contributed by atoms with Crippen LogP contribution in [0.15, 0.2) is 30.3 Å². The lowest BCUT2D eigenvalue weighted by Crippen LogP contribution is -2.37. The van der Waals surface area contributed by atoms with Gasteiger partial charge >= 0.3 is 0 Å². The summed E-state index contributed by atoms with van der Waals surface area (Å²) in [5, 5.41) is 2.38. The minimum atomic E-state index is -3.95. The van der Waals surface area contributed by atoms with Crippen molar-refractivity contribution >= 4 is 38.9 Å². The van der Waals surface area contributed by atoms with E-state index in [2.05, 4.69) is 5.32 Å². The Morgan fingerprint density at radius 1 is 1.14 bits per heavy atom. The summed E-state index contributed by atoms with van der Waals surface area (Å²) < 4.78 is 62.3. The molecule has 0 atom stereocenters. The van der Waals surface area contributed by atoms with Crippen molar-refractivity contribution in [2.75, 3.05) is 36.6 Å². The molecular formula is C17H17ClF2N2O5S. The second-order valence-corrected chi connectivity index (χ2v) is 7.91. The van der Waals surface area contributed by atoms with Crippen molar-refractivity contribution in [3.8, 4) is 11.5 Å². The molecule has 2 aromatic carbocycles. The Labute approximate surface area is 165 Å². The fourth-order valence-corrected chi connectivity index (χ4v) is 3.41. The van der Waals surface area contributed by atoms with E-state index in [9.17, 15) is 22.0 Å². The third-order valence-corrected chi connectivity index (χ3v) is 5.04. The predicted octanol–water partition coefficient (Wildman–Crippen LogP) is 3.04. The lowest BCUT2D eigenvalue weighted by atomic mass is 10.2. The number of nitrogens with zero attached hydrogens (tertiary/aromatic N) is 1. The third-order valence-electron chi connectivity index (χ3n) is 3.61. The van der Waals surface area contributed by atoms with Gasteiger partial charge in [-0.3, -0.25) is 9.10 Å². The Kier molecular flexibility index (Phi) is 6.68. The Morgan fingerprint density at radius 3 is 2.32 bits per heavy atom. The molecule has 1 N–H and O–H groups in total. The highest BCUT2D eigenvalue weighted by Gasteiger charge is 2.26. The van der Waals surface area contributed by atoms with Gasteiger partial charge in [-0.05, 0) is 12.1 Å². The number of anilines is 2. The molecule has 0 aromatic heterocycles. The van der Waals surface area contributed by atoms with Gasteiger partial charge < -0.3 is 14.8 Å². The Bertz CT molecular complexity index is 1000. The molecule has 0 heterocycles. The van der Waals surface area contributed by atoms with Crippen molar-refractivity contribution in [3.63, 3.8) is 0 Å². The van der Waals surface area contributed by atoms with E-state index in [1.807, 2.05) is 0 Å². The third kappa shape index (κ3) is 5.02. The van der Waals surface area contributed by atoms with Crippen molar-refractivity contribution in [1.82, 2.24) is 0 Å². The van der Waals surface area contributed by atoms with Gasteiger partial charge in [0.05, 0.1) is 36.9 Å². The van der Waals surface area contributed by atoms with Crippen LogP contribution in [0, 0.1) is 11.6 Å². The van der Waals surface area contributed by atoms with E-state index in [0.29, 0.717) is 6.07 Å². The largest absolute Gasteiger partial charge is 0.495 e. The molecule has 1 amide bonds. The highest BCUT2D eigenvalue weighted by atomic mass is 35.5. The first kappa shape index (κ1) is 21.7. The van der Waals surface area contributed by atoms with Crippen LogP contribution in [-0.4, -0.2) is 41.3 Å². The highest BCUT2D eigenvalue weighted by molar-refractivity contribution is 7.92. The van der Waals surface area contributed by atoms with Crippen LogP contribution in [0.4, 0.5) is 20.2 Å². The summed E-state index contributed by atoms with van der Waals surface area (Å²) in [4.78, 5) is 12.3. The molecule has 152 valence electrons. The van der Waals surface area contributed by atoms with Crippen LogP contribution in [0.5, 0.6) is 11.5 Å². The number of benzene rings is 2. The standard InChI is InChI=1S/C17H17ClF2N2O5S/c1-26-15-8-14(16(27-2)7-11(15)18)22(28(3,24)25)9-17(23)21-13-5-4-10(19)6-12(13)20/h4-8H,9H2,1-3H3,(H,21,23). The first-order valence-electron chi connectivity index (χ1n) is 7.71. The van der Waals surface area contributed by atoms with Crippen molar-refractivity contribution in [2.24, 2.45) is 0 Å². The molecular weight excluding hydrogens is 418 g/mol. The normalized spacial score (nSPS) is 11.1. The molecule has 0 aliphatic heterocycles.